The number of piperidine rings is 1. The largest absolute Gasteiger partial charge is 0.435 e. The molecule has 0 unspecified atom stereocenters. The summed E-state index contributed by atoms with van der Waals surface area (Å²) < 4.78 is 28.7. The third-order valence-electron chi connectivity index (χ3n) is 5.41. The lowest BCUT2D eigenvalue weighted by atomic mass is 10.1. The molecule has 1 heterocycles. The zero-order valence-electron chi connectivity index (χ0n) is 18.0. The van der Waals surface area contributed by atoms with Crippen LogP contribution >= 0.6 is 0 Å². The highest BCUT2D eigenvalue weighted by molar-refractivity contribution is 5.77. The number of carbonyl (C=O) groups is 1. The van der Waals surface area contributed by atoms with Crippen LogP contribution in [0.15, 0.2) is 48.5 Å². The van der Waals surface area contributed by atoms with Crippen LogP contribution in [0.3, 0.4) is 0 Å². The summed E-state index contributed by atoms with van der Waals surface area (Å²) in [5.74, 6) is 0.0958. The number of benzene rings is 2. The van der Waals surface area contributed by atoms with Crippen molar-refractivity contribution in [3.8, 4) is 5.75 Å². The van der Waals surface area contributed by atoms with Crippen LogP contribution in [-0.4, -0.2) is 50.6 Å². The maximum atomic E-state index is 12.2. The van der Waals surface area contributed by atoms with Crippen LogP contribution in [0.5, 0.6) is 5.75 Å². The normalized spacial score (nSPS) is 14.2. The van der Waals surface area contributed by atoms with Gasteiger partial charge in [-0.05, 0) is 68.1 Å². The number of alkyl halides is 2. The topological polar surface area (TPSA) is 44.8 Å². The quantitative estimate of drug-likeness (QED) is 0.616. The van der Waals surface area contributed by atoms with Crippen molar-refractivity contribution < 1.29 is 18.3 Å². The van der Waals surface area contributed by atoms with Gasteiger partial charge < -0.3 is 15.0 Å². The molecule has 0 radical (unpaired) electrons. The minimum Gasteiger partial charge on any atom is -0.435 e. The van der Waals surface area contributed by atoms with Crippen molar-refractivity contribution >= 4 is 11.6 Å². The highest BCUT2D eigenvalue weighted by Gasteiger charge is 2.11. The van der Waals surface area contributed by atoms with Crippen LogP contribution in [0.25, 0.3) is 0 Å². The fourth-order valence-corrected chi connectivity index (χ4v) is 3.82. The van der Waals surface area contributed by atoms with Gasteiger partial charge in [-0.3, -0.25) is 9.69 Å². The smallest absolute Gasteiger partial charge is 0.387 e. The summed E-state index contributed by atoms with van der Waals surface area (Å²) in [4.78, 5) is 16.6. The summed E-state index contributed by atoms with van der Waals surface area (Å²) >= 11 is 0. The molecule has 0 spiro atoms. The number of amides is 1. The van der Waals surface area contributed by atoms with E-state index in [2.05, 4.69) is 39.2 Å². The number of carbonyl (C=O) groups excluding carboxylic acids is 1. The highest BCUT2D eigenvalue weighted by Crippen LogP contribution is 2.20. The van der Waals surface area contributed by atoms with Crippen LogP contribution < -0.4 is 15.0 Å². The summed E-state index contributed by atoms with van der Waals surface area (Å²) in [6, 6.07) is 15.1. The zero-order valence-corrected chi connectivity index (χ0v) is 18.0. The number of halogens is 2. The average Bonchev–Trinajstić information content (AvgIpc) is 2.75. The van der Waals surface area contributed by atoms with E-state index in [1.165, 1.54) is 42.6 Å². The molecule has 0 aliphatic carbocycles. The Morgan fingerprint density at radius 2 is 1.68 bits per heavy atom. The van der Waals surface area contributed by atoms with E-state index < -0.39 is 6.61 Å². The van der Waals surface area contributed by atoms with Crippen molar-refractivity contribution in [3.05, 3.63) is 59.7 Å². The van der Waals surface area contributed by atoms with Crippen molar-refractivity contribution in [2.75, 3.05) is 38.1 Å². The first-order valence-electron chi connectivity index (χ1n) is 10.8. The van der Waals surface area contributed by atoms with E-state index in [9.17, 15) is 13.6 Å². The molecule has 0 atom stereocenters. The van der Waals surface area contributed by atoms with Gasteiger partial charge in [-0.15, -0.1) is 0 Å². The minimum absolute atomic E-state index is 0.0370. The summed E-state index contributed by atoms with van der Waals surface area (Å²) in [6.45, 7) is 0.954. The number of hydrogen-bond donors (Lipinski definition) is 1. The number of rotatable bonds is 10. The third-order valence-corrected chi connectivity index (χ3v) is 5.41. The first kappa shape index (κ1) is 23.0. The van der Waals surface area contributed by atoms with Gasteiger partial charge in [0.25, 0.3) is 0 Å². The zero-order chi connectivity index (χ0) is 22.1. The van der Waals surface area contributed by atoms with Gasteiger partial charge in [-0.1, -0.05) is 24.3 Å². The number of likely N-dealkylation sites (N-methyl/N-ethyl adjacent to an activating group) is 1. The SMILES string of the molecule is CN(CC(=O)NCCc1ccc(OC(F)F)cc1)Cc1ccc(N2CCCCC2)cc1. The second-order valence-corrected chi connectivity index (χ2v) is 8.01. The molecule has 3 rings (SSSR count). The molecule has 1 aliphatic rings. The maximum absolute atomic E-state index is 12.2. The summed E-state index contributed by atoms with van der Waals surface area (Å²) in [5, 5.41) is 2.91. The second kappa shape index (κ2) is 11.6. The predicted octanol–water partition coefficient (Wildman–Crippen LogP) is 4.07. The Hall–Kier alpha value is -2.67. The summed E-state index contributed by atoms with van der Waals surface area (Å²) in [7, 11) is 1.93. The van der Waals surface area contributed by atoms with Crippen LogP contribution in [0.1, 0.15) is 30.4 Å². The van der Waals surface area contributed by atoms with Crippen molar-refractivity contribution in [2.24, 2.45) is 0 Å². The Labute approximate surface area is 183 Å². The molecule has 1 aliphatic heterocycles. The minimum atomic E-state index is -2.82. The van der Waals surface area contributed by atoms with E-state index in [0.29, 0.717) is 26.1 Å². The van der Waals surface area contributed by atoms with Crippen molar-refractivity contribution in [1.29, 1.82) is 0 Å². The van der Waals surface area contributed by atoms with Gasteiger partial charge >= 0.3 is 6.61 Å². The number of nitrogens with zero attached hydrogens (tertiary/aromatic N) is 2. The van der Waals surface area contributed by atoms with Gasteiger partial charge in [0, 0.05) is 31.9 Å². The molecule has 168 valence electrons. The molecular formula is C24H31F2N3O2. The molecule has 2 aromatic rings. The molecular weight excluding hydrogens is 400 g/mol. The second-order valence-electron chi connectivity index (χ2n) is 8.01. The average molecular weight is 432 g/mol. The maximum Gasteiger partial charge on any atom is 0.387 e. The van der Waals surface area contributed by atoms with Crippen molar-refractivity contribution in [3.63, 3.8) is 0 Å². The van der Waals surface area contributed by atoms with Gasteiger partial charge in [0.15, 0.2) is 0 Å². The predicted molar refractivity (Wildman–Crippen MR) is 119 cm³/mol. The molecule has 5 nitrogen and oxygen atoms in total. The lowest BCUT2D eigenvalue weighted by Gasteiger charge is -2.29. The Morgan fingerprint density at radius 3 is 2.32 bits per heavy atom. The Bertz CT molecular complexity index is 807. The highest BCUT2D eigenvalue weighted by atomic mass is 19.3. The van der Waals surface area contributed by atoms with E-state index in [4.69, 9.17) is 0 Å². The summed E-state index contributed by atoms with van der Waals surface area (Å²) in [6.07, 6.45) is 4.47. The lowest BCUT2D eigenvalue weighted by Crippen LogP contribution is -2.35. The molecule has 2 aromatic carbocycles. The molecule has 1 saturated heterocycles. The van der Waals surface area contributed by atoms with Gasteiger partial charge in [0.1, 0.15) is 5.75 Å². The van der Waals surface area contributed by atoms with E-state index in [1.807, 2.05) is 11.9 Å². The third kappa shape index (κ3) is 7.83. The van der Waals surface area contributed by atoms with Gasteiger partial charge in [-0.25, -0.2) is 0 Å². The standard InChI is InChI=1S/C24H31F2N3O2/c1-28(17-20-5-9-21(10-6-20)29-15-3-2-4-16-29)18-23(30)27-14-13-19-7-11-22(12-8-19)31-24(25)26/h5-12,24H,2-4,13-18H2,1H3,(H,27,30). The monoisotopic (exact) mass is 431 g/mol. The molecule has 7 heteroatoms. The number of ether oxygens (including phenoxy) is 1. The van der Waals surface area contributed by atoms with E-state index in [-0.39, 0.29) is 11.7 Å². The van der Waals surface area contributed by atoms with Crippen molar-refractivity contribution in [1.82, 2.24) is 10.2 Å². The fourth-order valence-electron chi connectivity index (χ4n) is 3.82. The molecule has 1 N–H and O–H groups in total. The Kier molecular flexibility index (Phi) is 8.64. The van der Waals surface area contributed by atoms with Crippen LogP contribution in [-0.2, 0) is 17.8 Å². The Morgan fingerprint density at radius 1 is 1.03 bits per heavy atom. The van der Waals surface area contributed by atoms with Crippen LogP contribution in [0.2, 0.25) is 0 Å². The lowest BCUT2D eigenvalue weighted by molar-refractivity contribution is -0.122. The van der Waals surface area contributed by atoms with Crippen molar-refractivity contribution in [2.45, 2.75) is 38.8 Å². The first-order valence-corrected chi connectivity index (χ1v) is 10.8. The molecule has 0 bridgehead atoms. The first-order chi connectivity index (χ1) is 15.0. The number of hydrogen-bond acceptors (Lipinski definition) is 4. The molecule has 31 heavy (non-hydrogen) atoms. The Balaban J connectivity index is 1.36. The van der Waals surface area contributed by atoms with Crippen LogP contribution in [0.4, 0.5) is 14.5 Å². The van der Waals surface area contributed by atoms with Gasteiger partial charge in [-0.2, -0.15) is 8.78 Å². The van der Waals surface area contributed by atoms with E-state index in [0.717, 1.165) is 18.7 Å². The van der Waals surface area contributed by atoms with Gasteiger partial charge in [0.05, 0.1) is 6.54 Å². The fraction of sp³-hybridized carbons (Fsp3) is 0.458. The van der Waals surface area contributed by atoms with E-state index in [1.54, 1.807) is 12.1 Å². The number of anilines is 1. The molecule has 0 aromatic heterocycles. The van der Waals surface area contributed by atoms with Gasteiger partial charge in [0.2, 0.25) is 5.91 Å². The molecule has 1 amide bonds. The summed E-state index contributed by atoms with van der Waals surface area (Å²) in [5.41, 5.74) is 3.41. The molecule has 1 fully saturated rings. The van der Waals surface area contributed by atoms with Crippen LogP contribution in [0, 0.1) is 0 Å². The molecule has 0 saturated carbocycles. The van der Waals surface area contributed by atoms with E-state index >= 15 is 0 Å². The number of nitrogens with one attached hydrogen (secondary N) is 1.